The Hall–Kier alpha value is -3.27. The summed E-state index contributed by atoms with van der Waals surface area (Å²) in [5, 5.41) is 3.14. The van der Waals surface area contributed by atoms with E-state index < -0.39 is 16.1 Å². The Labute approximate surface area is 231 Å². The number of rotatable bonds is 11. The van der Waals surface area contributed by atoms with Gasteiger partial charge in [0, 0.05) is 31.6 Å². The molecule has 1 atom stereocenters. The van der Waals surface area contributed by atoms with E-state index in [2.05, 4.69) is 5.32 Å². The minimum atomic E-state index is -3.61. The number of anilines is 1. The van der Waals surface area contributed by atoms with Gasteiger partial charge in [0.05, 0.1) is 11.9 Å². The molecule has 10 heteroatoms. The quantitative estimate of drug-likeness (QED) is 0.445. The lowest BCUT2D eigenvalue weighted by molar-refractivity contribution is -0.141. The zero-order chi connectivity index (χ0) is 28.0. The third-order valence-electron chi connectivity index (χ3n) is 7.35. The summed E-state index contributed by atoms with van der Waals surface area (Å²) in [6.07, 6.45) is 6.86. The molecule has 1 fully saturated rings. The lowest BCUT2D eigenvalue weighted by Crippen LogP contribution is -2.50. The van der Waals surface area contributed by atoms with Crippen LogP contribution in [0.25, 0.3) is 0 Å². The summed E-state index contributed by atoms with van der Waals surface area (Å²) in [7, 11) is -3.61. The molecule has 0 radical (unpaired) electrons. The first kappa shape index (κ1) is 28.7. The van der Waals surface area contributed by atoms with E-state index >= 15 is 0 Å². The largest absolute Gasteiger partial charge is 0.454 e. The number of nitrogens with one attached hydrogen (secondary N) is 1. The second-order valence-electron chi connectivity index (χ2n) is 10.5. The summed E-state index contributed by atoms with van der Waals surface area (Å²) in [5.74, 6) is 0.706. The van der Waals surface area contributed by atoms with Crippen molar-refractivity contribution < 1.29 is 27.5 Å². The zero-order valence-corrected chi connectivity index (χ0v) is 23.8. The van der Waals surface area contributed by atoms with E-state index in [1.54, 1.807) is 30.0 Å². The predicted octanol–water partition coefficient (Wildman–Crippen LogP) is 4.14. The first-order valence-electron chi connectivity index (χ1n) is 13.6. The highest BCUT2D eigenvalue weighted by Crippen LogP contribution is 2.36. The number of aryl methyl sites for hydroxylation is 1. The van der Waals surface area contributed by atoms with Crippen LogP contribution in [0.15, 0.2) is 42.5 Å². The van der Waals surface area contributed by atoms with Gasteiger partial charge in [-0.05, 0) is 50.8 Å². The van der Waals surface area contributed by atoms with E-state index in [1.165, 1.54) is 10.7 Å². The normalized spacial score (nSPS) is 16.0. The highest BCUT2D eigenvalue weighted by molar-refractivity contribution is 7.92. The van der Waals surface area contributed by atoms with Crippen molar-refractivity contribution in [3.63, 3.8) is 0 Å². The van der Waals surface area contributed by atoms with Crippen LogP contribution < -0.4 is 19.1 Å². The van der Waals surface area contributed by atoms with E-state index in [9.17, 15) is 18.0 Å². The van der Waals surface area contributed by atoms with Crippen LogP contribution in [0.3, 0.4) is 0 Å². The number of nitrogens with zero attached hydrogens (tertiary/aromatic N) is 2. The molecule has 1 aliphatic carbocycles. The van der Waals surface area contributed by atoms with E-state index in [1.807, 2.05) is 31.2 Å². The van der Waals surface area contributed by atoms with E-state index in [4.69, 9.17) is 9.47 Å². The van der Waals surface area contributed by atoms with Crippen molar-refractivity contribution in [2.75, 3.05) is 23.9 Å². The summed E-state index contributed by atoms with van der Waals surface area (Å²) in [6, 6.07) is 12.4. The molecule has 2 amide bonds. The molecule has 2 aliphatic rings. The second kappa shape index (κ2) is 12.7. The maximum absolute atomic E-state index is 13.5. The lowest BCUT2D eigenvalue weighted by Gasteiger charge is -2.31. The Balaban J connectivity index is 1.45. The lowest BCUT2D eigenvalue weighted by atomic mass is 9.95. The second-order valence-corrected chi connectivity index (χ2v) is 12.4. The molecule has 0 bridgehead atoms. The van der Waals surface area contributed by atoms with Gasteiger partial charge in [0.2, 0.25) is 28.6 Å². The molecule has 0 saturated heterocycles. The van der Waals surface area contributed by atoms with Gasteiger partial charge in [0.1, 0.15) is 6.04 Å². The topological polar surface area (TPSA) is 105 Å². The molecular weight excluding hydrogens is 518 g/mol. The molecule has 1 aliphatic heterocycles. The van der Waals surface area contributed by atoms with Crippen molar-refractivity contribution in [1.82, 2.24) is 10.2 Å². The number of carbonyl (C=O) groups is 2. The maximum Gasteiger partial charge on any atom is 0.242 e. The van der Waals surface area contributed by atoms with Gasteiger partial charge in [-0.25, -0.2) is 8.42 Å². The number of benzene rings is 2. The van der Waals surface area contributed by atoms with E-state index in [0.29, 0.717) is 30.2 Å². The number of fused-ring (bicyclic) bond motifs is 1. The van der Waals surface area contributed by atoms with Crippen LogP contribution in [-0.2, 0) is 26.2 Å². The average molecular weight is 558 g/mol. The fraction of sp³-hybridized carbons (Fsp3) is 0.517. The number of ether oxygens (including phenoxy) is 2. The van der Waals surface area contributed by atoms with Crippen molar-refractivity contribution >= 4 is 27.5 Å². The van der Waals surface area contributed by atoms with E-state index in [0.717, 1.165) is 43.1 Å². The molecule has 9 nitrogen and oxygen atoms in total. The fourth-order valence-electron chi connectivity index (χ4n) is 5.20. The number of hydrogen-bond acceptors (Lipinski definition) is 6. The first-order chi connectivity index (χ1) is 18.6. The molecule has 1 heterocycles. The highest BCUT2D eigenvalue weighted by atomic mass is 32.2. The van der Waals surface area contributed by atoms with Gasteiger partial charge in [-0.2, -0.15) is 0 Å². The van der Waals surface area contributed by atoms with Gasteiger partial charge in [-0.3, -0.25) is 13.9 Å². The summed E-state index contributed by atoms with van der Waals surface area (Å²) in [5.41, 5.74) is 2.47. The Morgan fingerprint density at radius 1 is 1.05 bits per heavy atom. The molecule has 2 aromatic rings. The first-order valence-corrected chi connectivity index (χ1v) is 15.5. The Kier molecular flexibility index (Phi) is 9.37. The molecule has 39 heavy (non-hydrogen) atoms. The van der Waals surface area contributed by atoms with Crippen molar-refractivity contribution in [3.8, 4) is 11.5 Å². The van der Waals surface area contributed by atoms with Crippen LogP contribution in [0.1, 0.15) is 63.0 Å². The third-order valence-corrected chi connectivity index (χ3v) is 8.54. The van der Waals surface area contributed by atoms with Gasteiger partial charge >= 0.3 is 0 Å². The predicted molar refractivity (Wildman–Crippen MR) is 150 cm³/mol. The summed E-state index contributed by atoms with van der Waals surface area (Å²) >= 11 is 0. The average Bonchev–Trinajstić information content (AvgIpc) is 3.37. The standard InChI is InChI=1S/C29H39N3O6S/c1-21-9-7-10-23(17-21)19-31(22(2)29(34)30-24-11-5-4-6-12-24)28(33)13-8-16-32(39(3,35)36)25-14-15-26-27(18-25)38-20-37-26/h7,9-10,14-15,17-18,22,24H,4-6,8,11-13,16,19-20H2,1-3H3,(H,30,34)/t22-/m1/s1. The van der Waals surface area contributed by atoms with Gasteiger partial charge in [-0.15, -0.1) is 0 Å². The smallest absolute Gasteiger partial charge is 0.242 e. The van der Waals surface area contributed by atoms with Gasteiger partial charge < -0.3 is 19.7 Å². The molecule has 1 saturated carbocycles. The van der Waals surface area contributed by atoms with Crippen LogP contribution in [0.5, 0.6) is 11.5 Å². The Morgan fingerprint density at radius 2 is 1.79 bits per heavy atom. The zero-order valence-electron chi connectivity index (χ0n) is 23.0. The molecular formula is C29H39N3O6S. The number of carbonyl (C=O) groups excluding carboxylic acids is 2. The molecule has 0 aromatic heterocycles. The Morgan fingerprint density at radius 3 is 2.51 bits per heavy atom. The maximum atomic E-state index is 13.5. The van der Waals surface area contributed by atoms with Gasteiger partial charge in [0.25, 0.3) is 0 Å². The summed E-state index contributed by atoms with van der Waals surface area (Å²) in [6.45, 7) is 4.27. The number of hydrogen-bond donors (Lipinski definition) is 1. The van der Waals surface area contributed by atoms with Crippen LogP contribution in [0, 0.1) is 6.92 Å². The SMILES string of the molecule is Cc1cccc(CN(C(=O)CCCN(c2ccc3c(c2)OCO3)S(C)(=O)=O)[C@H](C)C(=O)NC2CCCCC2)c1. The third kappa shape index (κ3) is 7.65. The fourth-order valence-corrected chi connectivity index (χ4v) is 6.16. The molecule has 2 aromatic carbocycles. The van der Waals surface area contributed by atoms with Crippen molar-refractivity contribution in [2.45, 2.75) is 77.4 Å². The molecule has 0 unspecified atom stereocenters. The monoisotopic (exact) mass is 557 g/mol. The van der Waals surface area contributed by atoms with E-state index in [-0.39, 0.29) is 37.6 Å². The van der Waals surface area contributed by atoms with Crippen molar-refractivity contribution in [3.05, 3.63) is 53.6 Å². The summed E-state index contributed by atoms with van der Waals surface area (Å²) in [4.78, 5) is 28.3. The van der Waals surface area contributed by atoms with Crippen LogP contribution in [0.2, 0.25) is 0 Å². The highest BCUT2D eigenvalue weighted by Gasteiger charge is 2.29. The van der Waals surface area contributed by atoms with Crippen LogP contribution >= 0.6 is 0 Å². The molecule has 4 rings (SSSR count). The van der Waals surface area contributed by atoms with Gasteiger partial charge in [0.15, 0.2) is 11.5 Å². The van der Waals surface area contributed by atoms with Crippen LogP contribution in [-0.4, -0.2) is 56.8 Å². The van der Waals surface area contributed by atoms with Crippen molar-refractivity contribution in [2.24, 2.45) is 0 Å². The minimum absolute atomic E-state index is 0.0927. The minimum Gasteiger partial charge on any atom is -0.454 e. The molecule has 1 N–H and O–H groups in total. The molecule has 212 valence electrons. The number of amides is 2. The van der Waals surface area contributed by atoms with Crippen LogP contribution in [0.4, 0.5) is 5.69 Å². The Bertz CT molecular complexity index is 1280. The molecule has 0 spiro atoms. The summed E-state index contributed by atoms with van der Waals surface area (Å²) < 4.78 is 37.2. The number of sulfonamides is 1. The van der Waals surface area contributed by atoms with Crippen molar-refractivity contribution in [1.29, 1.82) is 0 Å². The van der Waals surface area contributed by atoms with Gasteiger partial charge in [-0.1, -0.05) is 49.1 Å².